The van der Waals surface area contributed by atoms with E-state index in [2.05, 4.69) is 149 Å². The van der Waals surface area contributed by atoms with E-state index in [1.165, 1.54) is 6.42 Å². The summed E-state index contributed by atoms with van der Waals surface area (Å²) >= 11 is 0. The van der Waals surface area contributed by atoms with E-state index in [1.54, 1.807) is 12.2 Å². The van der Waals surface area contributed by atoms with Crippen LogP contribution in [0.5, 0.6) is 0 Å². The predicted molar refractivity (Wildman–Crippen MR) is 390 cm³/mol. The molecule has 3 N–H and O–H groups in total. The van der Waals surface area contributed by atoms with Gasteiger partial charge in [0.1, 0.15) is 19.3 Å². The fraction of sp³-hybridized carbons (Fsp3) is 0.584. The summed E-state index contributed by atoms with van der Waals surface area (Å²) in [5, 5.41) is 10.6. The van der Waals surface area contributed by atoms with Crippen LogP contribution in [0.15, 0.2) is 170 Å². The summed E-state index contributed by atoms with van der Waals surface area (Å²) in [7, 11) is -10.0. The van der Waals surface area contributed by atoms with Crippen LogP contribution in [0.2, 0.25) is 0 Å². The molecule has 17 nitrogen and oxygen atoms in total. The Morgan fingerprint density at radius 1 is 0.312 bits per heavy atom. The molecule has 0 fully saturated rings. The zero-order chi connectivity index (χ0) is 70.4. The van der Waals surface area contributed by atoms with E-state index >= 15 is 0 Å². The summed E-state index contributed by atoms with van der Waals surface area (Å²) in [6.45, 7) is 4.17. The molecule has 0 aromatic heterocycles. The highest BCUT2D eigenvalue weighted by Crippen LogP contribution is 2.45. The smallest absolute Gasteiger partial charge is 0.461 e. The van der Waals surface area contributed by atoms with Gasteiger partial charge in [-0.3, -0.25) is 37.3 Å². The second kappa shape index (κ2) is 68.0. The molecule has 542 valence electrons. The maximum absolute atomic E-state index is 13.0. The number of ether oxygens (including phenoxy) is 4. The second-order valence-corrected chi connectivity index (χ2v) is 25.6. The number of allylic oxidation sites excluding steroid dienone is 26. The monoisotopic (exact) mass is 1380 g/mol. The molecule has 0 aliphatic rings. The average molecular weight is 1380 g/mol. The molecule has 0 aromatic carbocycles. The lowest BCUT2D eigenvalue weighted by Gasteiger charge is -2.21. The fourth-order valence-corrected chi connectivity index (χ4v) is 10.00. The van der Waals surface area contributed by atoms with E-state index in [9.17, 15) is 43.2 Å². The Bertz CT molecular complexity index is 2500. The van der Waals surface area contributed by atoms with Crippen LogP contribution in [0.4, 0.5) is 0 Å². The lowest BCUT2D eigenvalue weighted by molar-refractivity contribution is -0.161. The third kappa shape index (κ3) is 67.0. The molecule has 0 spiro atoms. The highest BCUT2D eigenvalue weighted by Gasteiger charge is 2.30. The minimum absolute atomic E-state index is 0.0474. The second-order valence-electron chi connectivity index (χ2n) is 22.7. The Labute approximate surface area is 578 Å². The molecule has 5 unspecified atom stereocenters. The molecule has 0 aliphatic heterocycles. The molecule has 0 saturated heterocycles. The van der Waals surface area contributed by atoms with Gasteiger partial charge >= 0.3 is 39.5 Å². The van der Waals surface area contributed by atoms with E-state index in [0.29, 0.717) is 25.7 Å². The fourth-order valence-electron chi connectivity index (χ4n) is 8.42. The highest BCUT2D eigenvalue weighted by molar-refractivity contribution is 7.47. The molecule has 0 amide bonds. The average Bonchev–Trinajstić information content (AvgIpc) is 1.09. The first-order valence-electron chi connectivity index (χ1n) is 35.4. The molecular weight excluding hydrogens is 1260 g/mol. The maximum atomic E-state index is 13.0. The van der Waals surface area contributed by atoms with Gasteiger partial charge in [0.25, 0.3) is 0 Å². The van der Waals surface area contributed by atoms with Gasteiger partial charge < -0.3 is 33.8 Å². The number of phosphoric ester groups is 2. The van der Waals surface area contributed by atoms with Crippen molar-refractivity contribution in [3.05, 3.63) is 170 Å². The zero-order valence-corrected chi connectivity index (χ0v) is 60.5. The van der Waals surface area contributed by atoms with Gasteiger partial charge in [0, 0.05) is 12.8 Å². The van der Waals surface area contributed by atoms with Gasteiger partial charge in [-0.1, -0.05) is 249 Å². The molecule has 0 aliphatic carbocycles. The predicted octanol–water partition coefficient (Wildman–Crippen LogP) is 19.9. The Hall–Kier alpha value is -5.58. The number of hydrogen-bond donors (Lipinski definition) is 3. The number of rotatable bonds is 64. The normalized spacial score (nSPS) is 15.0. The molecule has 19 heteroatoms. The van der Waals surface area contributed by atoms with Crippen LogP contribution < -0.4 is 0 Å². The van der Waals surface area contributed by atoms with Crippen molar-refractivity contribution in [1.82, 2.24) is 0 Å². The molecule has 0 radical (unpaired) electrons. The van der Waals surface area contributed by atoms with Crippen LogP contribution in [0.3, 0.4) is 0 Å². The van der Waals surface area contributed by atoms with Gasteiger partial charge in [-0.25, -0.2) is 9.13 Å². The number of esters is 4. The van der Waals surface area contributed by atoms with Crippen molar-refractivity contribution >= 4 is 39.5 Å². The first-order chi connectivity index (χ1) is 46.7. The van der Waals surface area contributed by atoms with Crippen LogP contribution in [0, 0.1) is 0 Å². The van der Waals surface area contributed by atoms with E-state index in [1.807, 2.05) is 36.5 Å². The van der Waals surface area contributed by atoms with Crippen LogP contribution in [0.25, 0.3) is 0 Å². The van der Waals surface area contributed by atoms with Gasteiger partial charge in [0.15, 0.2) is 12.2 Å². The number of carbonyl (C=O) groups is 4. The minimum Gasteiger partial charge on any atom is -0.461 e. The van der Waals surface area contributed by atoms with Gasteiger partial charge in [0.05, 0.1) is 39.3 Å². The lowest BCUT2D eigenvalue weighted by atomic mass is 10.1. The van der Waals surface area contributed by atoms with Crippen LogP contribution in [-0.4, -0.2) is 96.7 Å². The summed E-state index contributed by atoms with van der Waals surface area (Å²) in [6.07, 6.45) is 78.6. The molecular formula is C77H122O17P2. The number of aliphatic hydroxyl groups is 1. The molecule has 0 heterocycles. The Morgan fingerprint density at radius 2 is 0.573 bits per heavy atom. The number of unbranched alkanes of at least 4 members (excludes halogenated alkanes) is 12. The van der Waals surface area contributed by atoms with Crippen molar-refractivity contribution in [1.29, 1.82) is 0 Å². The van der Waals surface area contributed by atoms with Gasteiger partial charge in [-0.15, -0.1) is 0 Å². The number of carbonyl (C=O) groups excluding carboxylic acids is 4. The van der Waals surface area contributed by atoms with E-state index in [4.69, 9.17) is 37.0 Å². The van der Waals surface area contributed by atoms with E-state index in [-0.39, 0.29) is 25.7 Å². The standard InChI is InChI=1S/C77H122O17P2/c1-5-9-13-17-21-25-29-32-35-38-42-45-49-53-57-61-74(79)87-67-72(93-76(81)63-59-55-51-47-41-28-24-20-16-12-8-4)69-91-95(83,84)89-65-71(78)66-90-96(85,86)92-70-73(94-77(82)64-60-56-52-48-44-40-37-34-31-27-23-19-15-11-7-3)68-88-75(80)62-58-54-50-46-43-39-36-33-30-26-22-18-14-10-6-2/h9-11,13-15,20-27,32-37,42-43,45-46,53-54,57-58,71-73,78H,5-8,12,16-19,28-31,38-41,44,47-52,55-56,59-70H2,1-4H3,(H,83,84)(H,85,86)/b13-9-,14-10-,15-11-,24-20-,25-21-,26-22-,27-23-,35-32-,36-33-,37-34-,45-42-,46-43-,57-53-,58-54-. The van der Waals surface area contributed by atoms with Crippen molar-refractivity contribution in [2.24, 2.45) is 0 Å². The quantitative estimate of drug-likeness (QED) is 0.0169. The lowest BCUT2D eigenvalue weighted by Crippen LogP contribution is -2.30. The van der Waals surface area contributed by atoms with Crippen molar-refractivity contribution in [3.8, 4) is 0 Å². The topological polar surface area (TPSA) is 237 Å². The number of hydrogen-bond acceptors (Lipinski definition) is 15. The molecule has 5 atom stereocenters. The molecule has 0 rings (SSSR count). The summed E-state index contributed by atoms with van der Waals surface area (Å²) < 4.78 is 68.0. The molecule has 0 saturated carbocycles. The number of aliphatic hydroxyl groups excluding tert-OH is 1. The zero-order valence-electron chi connectivity index (χ0n) is 58.7. The molecule has 96 heavy (non-hydrogen) atoms. The SMILES string of the molecule is CC/C=C\C/C=C\C/C=C\C/C=C\C/C=C\CC(=O)OCC(COP(=O)(O)OCC(O)COP(=O)(O)OCC(COC(=O)C/C=C\C/C=C\C/C=C\C/C=C\C/C=C\CC)OC(=O)CCCCCCC/C=C\CCCC)OC(=O)CCCCCCC/C=C\C/C=C\C/C=C\CC. The largest absolute Gasteiger partial charge is 0.472 e. The van der Waals surface area contributed by atoms with Gasteiger partial charge in [0.2, 0.25) is 0 Å². The summed E-state index contributed by atoms with van der Waals surface area (Å²) in [5.74, 6) is -2.52. The summed E-state index contributed by atoms with van der Waals surface area (Å²) in [6, 6.07) is 0. The van der Waals surface area contributed by atoms with Crippen molar-refractivity contribution in [2.45, 2.75) is 251 Å². The molecule has 0 aromatic rings. The van der Waals surface area contributed by atoms with Gasteiger partial charge in [-0.2, -0.15) is 0 Å². The highest BCUT2D eigenvalue weighted by atomic mass is 31.2. The number of phosphoric acid groups is 2. The minimum atomic E-state index is -5.01. The van der Waals surface area contributed by atoms with Crippen LogP contribution >= 0.6 is 15.6 Å². The summed E-state index contributed by atoms with van der Waals surface area (Å²) in [4.78, 5) is 72.5. The third-order valence-corrected chi connectivity index (χ3v) is 15.6. The van der Waals surface area contributed by atoms with Crippen molar-refractivity contribution in [3.63, 3.8) is 0 Å². The van der Waals surface area contributed by atoms with Crippen LogP contribution in [0.1, 0.15) is 233 Å². The van der Waals surface area contributed by atoms with Crippen molar-refractivity contribution in [2.75, 3.05) is 39.6 Å². The van der Waals surface area contributed by atoms with Crippen LogP contribution in [-0.2, 0) is 65.4 Å². The van der Waals surface area contributed by atoms with E-state index < -0.39 is 97.5 Å². The van der Waals surface area contributed by atoms with Gasteiger partial charge in [-0.05, 0) is 128 Å². The van der Waals surface area contributed by atoms with Crippen molar-refractivity contribution < 1.29 is 80.2 Å². The third-order valence-electron chi connectivity index (χ3n) is 13.7. The molecule has 0 bridgehead atoms. The maximum Gasteiger partial charge on any atom is 0.472 e. The Balaban J connectivity index is 5.50. The Kier molecular flexibility index (Phi) is 64.0. The Morgan fingerprint density at radius 3 is 0.896 bits per heavy atom. The first kappa shape index (κ1) is 90.4. The van der Waals surface area contributed by atoms with E-state index in [0.717, 1.165) is 148 Å². The first-order valence-corrected chi connectivity index (χ1v) is 38.4. The summed E-state index contributed by atoms with van der Waals surface area (Å²) in [5.41, 5.74) is 0.